The highest BCUT2D eigenvalue weighted by atomic mass is 32.2. The number of sulfonamides is 1. The van der Waals surface area contributed by atoms with E-state index in [2.05, 4.69) is 5.32 Å². The van der Waals surface area contributed by atoms with E-state index in [9.17, 15) is 13.2 Å². The van der Waals surface area contributed by atoms with Gasteiger partial charge in [-0.1, -0.05) is 18.2 Å². The predicted octanol–water partition coefficient (Wildman–Crippen LogP) is 2.06. The van der Waals surface area contributed by atoms with Crippen LogP contribution in [0.15, 0.2) is 18.2 Å². The number of hydrogen-bond acceptors (Lipinski definition) is 3. The third kappa shape index (κ3) is 4.04. The molecule has 0 bridgehead atoms. The number of carbonyl (C=O) groups excluding carboxylic acids is 1. The second-order valence-corrected chi connectivity index (χ2v) is 7.58. The molecule has 1 fully saturated rings. The van der Waals surface area contributed by atoms with Crippen molar-refractivity contribution < 1.29 is 13.2 Å². The van der Waals surface area contributed by atoms with Crippen molar-refractivity contribution in [1.29, 1.82) is 0 Å². The van der Waals surface area contributed by atoms with Crippen molar-refractivity contribution in [1.82, 2.24) is 4.31 Å². The van der Waals surface area contributed by atoms with Gasteiger partial charge in [0.15, 0.2) is 0 Å². The van der Waals surface area contributed by atoms with Crippen molar-refractivity contribution in [3.8, 4) is 0 Å². The number of benzene rings is 1. The first-order chi connectivity index (χ1) is 9.90. The molecule has 0 saturated carbocycles. The monoisotopic (exact) mass is 310 g/mol. The Kier molecular flexibility index (Phi) is 5.00. The lowest BCUT2D eigenvalue weighted by Gasteiger charge is -2.25. The lowest BCUT2D eigenvalue weighted by molar-refractivity contribution is -0.116. The van der Waals surface area contributed by atoms with Crippen LogP contribution in [0.2, 0.25) is 0 Å². The predicted molar refractivity (Wildman–Crippen MR) is 83.8 cm³/mol. The second-order valence-electron chi connectivity index (χ2n) is 5.49. The van der Waals surface area contributed by atoms with Gasteiger partial charge in [-0.25, -0.2) is 12.7 Å². The molecule has 5 nitrogen and oxygen atoms in total. The lowest BCUT2D eigenvalue weighted by Crippen LogP contribution is -2.39. The SMILES string of the molecule is Cc1cccc(C)c1NC(=O)CCN1CCCCS1(=O)=O. The maximum absolute atomic E-state index is 12.0. The molecule has 0 atom stereocenters. The van der Waals surface area contributed by atoms with Crippen LogP contribution in [0.25, 0.3) is 0 Å². The zero-order valence-corrected chi connectivity index (χ0v) is 13.4. The van der Waals surface area contributed by atoms with Crippen LogP contribution < -0.4 is 5.32 Å². The third-order valence-electron chi connectivity index (χ3n) is 3.79. The highest BCUT2D eigenvalue weighted by molar-refractivity contribution is 7.89. The zero-order chi connectivity index (χ0) is 15.5. The molecular weight excluding hydrogens is 288 g/mol. The highest BCUT2D eigenvalue weighted by Gasteiger charge is 2.25. The van der Waals surface area contributed by atoms with Gasteiger partial charge < -0.3 is 5.32 Å². The number of anilines is 1. The van der Waals surface area contributed by atoms with Gasteiger partial charge in [-0.2, -0.15) is 0 Å². The largest absolute Gasteiger partial charge is 0.326 e. The average molecular weight is 310 g/mol. The van der Waals surface area contributed by atoms with Gasteiger partial charge in [0.05, 0.1) is 5.75 Å². The summed E-state index contributed by atoms with van der Waals surface area (Å²) in [4.78, 5) is 12.0. The summed E-state index contributed by atoms with van der Waals surface area (Å²) < 4.78 is 25.1. The maximum atomic E-state index is 12.0. The van der Waals surface area contributed by atoms with Crippen LogP contribution in [0.4, 0.5) is 5.69 Å². The van der Waals surface area contributed by atoms with Gasteiger partial charge in [-0.15, -0.1) is 0 Å². The molecule has 1 saturated heterocycles. The van der Waals surface area contributed by atoms with Crippen molar-refractivity contribution in [3.05, 3.63) is 29.3 Å². The Balaban J connectivity index is 1.93. The lowest BCUT2D eigenvalue weighted by atomic mass is 10.1. The van der Waals surface area contributed by atoms with E-state index in [0.717, 1.165) is 23.2 Å². The van der Waals surface area contributed by atoms with Crippen LogP contribution in [-0.2, 0) is 14.8 Å². The van der Waals surface area contributed by atoms with Gasteiger partial charge >= 0.3 is 0 Å². The number of hydrogen-bond donors (Lipinski definition) is 1. The quantitative estimate of drug-likeness (QED) is 0.925. The minimum atomic E-state index is -3.16. The van der Waals surface area contributed by atoms with Crippen molar-refractivity contribution in [2.24, 2.45) is 0 Å². The number of para-hydroxylation sites is 1. The molecule has 21 heavy (non-hydrogen) atoms. The van der Waals surface area contributed by atoms with E-state index in [4.69, 9.17) is 0 Å². The number of carbonyl (C=O) groups is 1. The van der Waals surface area contributed by atoms with E-state index < -0.39 is 10.0 Å². The fraction of sp³-hybridized carbons (Fsp3) is 0.533. The highest BCUT2D eigenvalue weighted by Crippen LogP contribution is 2.20. The first kappa shape index (κ1) is 16.0. The van der Waals surface area contributed by atoms with Crippen LogP contribution in [0.3, 0.4) is 0 Å². The van der Waals surface area contributed by atoms with Gasteiger partial charge in [-0.05, 0) is 37.8 Å². The van der Waals surface area contributed by atoms with E-state index >= 15 is 0 Å². The first-order valence-electron chi connectivity index (χ1n) is 7.24. The first-order valence-corrected chi connectivity index (χ1v) is 8.85. The van der Waals surface area contributed by atoms with E-state index in [-0.39, 0.29) is 24.6 Å². The summed E-state index contributed by atoms with van der Waals surface area (Å²) in [5, 5.41) is 2.88. The summed E-state index contributed by atoms with van der Waals surface area (Å²) >= 11 is 0. The van der Waals surface area contributed by atoms with Crippen LogP contribution in [-0.4, -0.2) is 37.5 Å². The Bertz CT molecular complexity index is 606. The van der Waals surface area contributed by atoms with E-state index in [1.54, 1.807) is 0 Å². The van der Waals surface area contributed by atoms with E-state index in [1.165, 1.54) is 4.31 Å². The molecule has 116 valence electrons. The van der Waals surface area contributed by atoms with Crippen molar-refractivity contribution in [2.45, 2.75) is 33.1 Å². The van der Waals surface area contributed by atoms with Crippen LogP contribution in [0, 0.1) is 13.8 Å². The number of amides is 1. The van der Waals surface area contributed by atoms with Gasteiger partial charge in [0.2, 0.25) is 15.9 Å². The van der Waals surface area contributed by atoms with Crippen LogP contribution >= 0.6 is 0 Å². The van der Waals surface area contributed by atoms with Gasteiger partial charge in [0.1, 0.15) is 0 Å². The Morgan fingerprint density at radius 3 is 2.52 bits per heavy atom. The third-order valence-corrected chi connectivity index (χ3v) is 5.74. The topological polar surface area (TPSA) is 66.5 Å². The molecule has 0 unspecified atom stereocenters. The Morgan fingerprint density at radius 1 is 1.24 bits per heavy atom. The number of rotatable bonds is 4. The summed E-state index contributed by atoms with van der Waals surface area (Å²) in [7, 11) is -3.16. The maximum Gasteiger partial charge on any atom is 0.225 e. The molecular formula is C15H22N2O3S. The summed E-state index contributed by atoms with van der Waals surface area (Å²) in [5.41, 5.74) is 2.84. The molecule has 2 rings (SSSR count). The molecule has 1 N–H and O–H groups in total. The van der Waals surface area contributed by atoms with Gasteiger partial charge in [0, 0.05) is 25.2 Å². The zero-order valence-electron chi connectivity index (χ0n) is 12.6. The summed E-state index contributed by atoms with van der Waals surface area (Å²) in [6, 6.07) is 5.83. The van der Waals surface area contributed by atoms with Crippen LogP contribution in [0.5, 0.6) is 0 Å². The summed E-state index contributed by atoms with van der Waals surface area (Å²) in [5.74, 6) is 0.0547. The molecule has 1 aliphatic heterocycles. The molecule has 1 aromatic carbocycles. The molecule has 0 radical (unpaired) electrons. The van der Waals surface area contributed by atoms with E-state index in [0.29, 0.717) is 13.0 Å². The summed E-state index contributed by atoms with van der Waals surface area (Å²) in [6.45, 7) is 4.67. The fourth-order valence-electron chi connectivity index (χ4n) is 2.53. The Labute approximate surface area is 126 Å². The van der Waals surface area contributed by atoms with Crippen molar-refractivity contribution >= 4 is 21.6 Å². The van der Waals surface area contributed by atoms with Gasteiger partial charge in [-0.3, -0.25) is 4.79 Å². The average Bonchev–Trinajstić information content (AvgIpc) is 2.41. The molecule has 1 heterocycles. The second kappa shape index (κ2) is 6.58. The number of nitrogens with one attached hydrogen (secondary N) is 1. The molecule has 0 spiro atoms. The fourth-order valence-corrected chi connectivity index (χ4v) is 4.14. The van der Waals surface area contributed by atoms with Crippen LogP contribution in [0.1, 0.15) is 30.4 Å². The van der Waals surface area contributed by atoms with E-state index in [1.807, 2.05) is 32.0 Å². The Hall–Kier alpha value is -1.40. The molecule has 0 aliphatic carbocycles. The smallest absolute Gasteiger partial charge is 0.225 e. The molecule has 1 aliphatic rings. The molecule has 1 aromatic rings. The molecule has 1 amide bonds. The minimum Gasteiger partial charge on any atom is -0.326 e. The normalized spacial score (nSPS) is 18.4. The summed E-state index contributed by atoms with van der Waals surface area (Å²) in [6.07, 6.45) is 1.78. The van der Waals surface area contributed by atoms with Crippen molar-refractivity contribution in [3.63, 3.8) is 0 Å². The van der Waals surface area contributed by atoms with Gasteiger partial charge in [0.25, 0.3) is 0 Å². The number of aryl methyl sites for hydroxylation is 2. The number of nitrogens with zero attached hydrogens (tertiary/aromatic N) is 1. The molecule has 0 aromatic heterocycles. The standard InChI is InChI=1S/C15H22N2O3S/c1-12-6-5-7-13(2)15(12)16-14(18)8-10-17-9-3-4-11-21(17,19)20/h5-7H,3-4,8-11H2,1-2H3,(H,16,18). The van der Waals surface area contributed by atoms with Crippen molar-refractivity contribution in [2.75, 3.05) is 24.2 Å². The minimum absolute atomic E-state index is 0.145. The Morgan fingerprint density at radius 2 is 1.90 bits per heavy atom. The molecule has 6 heteroatoms.